The summed E-state index contributed by atoms with van der Waals surface area (Å²) in [5.41, 5.74) is 6.93. The molecule has 0 unspecified atom stereocenters. The molecule has 0 radical (unpaired) electrons. The third-order valence-corrected chi connectivity index (χ3v) is 4.27. The lowest BCUT2D eigenvalue weighted by molar-refractivity contribution is -0.274. The van der Waals surface area contributed by atoms with Gasteiger partial charge in [0.2, 0.25) is 0 Å². The number of ether oxygens (including phenoxy) is 1. The van der Waals surface area contributed by atoms with E-state index in [1.807, 2.05) is 0 Å². The molecule has 0 saturated heterocycles. The minimum Gasteiger partial charge on any atom is -0.406 e. The van der Waals surface area contributed by atoms with Crippen LogP contribution in [0.25, 0.3) is 22.3 Å². The fourth-order valence-corrected chi connectivity index (χ4v) is 2.96. The number of rotatable bonds is 5. The zero-order valence-electron chi connectivity index (χ0n) is 15.7. The Morgan fingerprint density at radius 2 is 1.84 bits per heavy atom. The van der Waals surface area contributed by atoms with E-state index < -0.39 is 18.0 Å². The van der Waals surface area contributed by atoms with Gasteiger partial charge < -0.3 is 15.8 Å². The minimum absolute atomic E-state index is 0.171. The van der Waals surface area contributed by atoms with Gasteiger partial charge in [0.1, 0.15) is 11.6 Å². The number of benzene rings is 2. The van der Waals surface area contributed by atoms with E-state index in [9.17, 15) is 18.0 Å². The largest absolute Gasteiger partial charge is 0.573 e. The highest BCUT2D eigenvalue weighted by molar-refractivity contribution is 6.01. The molecule has 31 heavy (non-hydrogen) atoms. The van der Waals surface area contributed by atoms with Crippen molar-refractivity contribution in [3.63, 3.8) is 0 Å². The Balaban J connectivity index is 1.89. The molecule has 0 aliphatic rings. The molecular formula is C21H14F3N5O2. The lowest BCUT2D eigenvalue weighted by Gasteiger charge is -2.14. The molecule has 10 heteroatoms. The number of primary amides is 1. The molecule has 4 rings (SSSR count). The maximum atomic E-state index is 12.7. The van der Waals surface area contributed by atoms with Crippen molar-refractivity contribution in [2.24, 2.45) is 5.73 Å². The number of nitrogens with one attached hydrogen (secondary N) is 1. The van der Waals surface area contributed by atoms with Crippen molar-refractivity contribution in [1.82, 2.24) is 15.0 Å². The number of amides is 1. The summed E-state index contributed by atoms with van der Waals surface area (Å²) in [7, 11) is 0. The molecule has 0 bridgehead atoms. The molecule has 156 valence electrons. The van der Waals surface area contributed by atoms with Gasteiger partial charge in [-0.15, -0.1) is 13.2 Å². The van der Waals surface area contributed by atoms with Gasteiger partial charge in [-0.05, 0) is 42.5 Å². The van der Waals surface area contributed by atoms with Crippen LogP contribution in [-0.4, -0.2) is 27.2 Å². The van der Waals surface area contributed by atoms with Crippen LogP contribution in [0.4, 0.5) is 24.7 Å². The van der Waals surface area contributed by atoms with Gasteiger partial charge in [-0.3, -0.25) is 9.78 Å². The van der Waals surface area contributed by atoms with Crippen LogP contribution in [0.1, 0.15) is 10.4 Å². The zero-order valence-corrected chi connectivity index (χ0v) is 15.7. The number of pyridine rings is 1. The van der Waals surface area contributed by atoms with E-state index in [1.165, 1.54) is 18.2 Å². The first-order chi connectivity index (χ1) is 14.8. The number of para-hydroxylation sites is 1. The van der Waals surface area contributed by atoms with Gasteiger partial charge in [-0.25, -0.2) is 9.97 Å². The lowest BCUT2D eigenvalue weighted by atomic mass is 10.1. The Labute approximate surface area is 173 Å². The van der Waals surface area contributed by atoms with Crippen LogP contribution in [-0.2, 0) is 0 Å². The minimum atomic E-state index is -4.85. The van der Waals surface area contributed by atoms with Crippen LogP contribution >= 0.6 is 0 Å². The van der Waals surface area contributed by atoms with Crippen molar-refractivity contribution in [2.75, 3.05) is 5.32 Å². The first-order valence-corrected chi connectivity index (χ1v) is 8.94. The van der Waals surface area contributed by atoms with Crippen molar-refractivity contribution >= 4 is 28.3 Å². The van der Waals surface area contributed by atoms with Gasteiger partial charge in [0.25, 0.3) is 5.91 Å². The van der Waals surface area contributed by atoms with Gasteiger partial charge in [0.05, 0.1) is 16.8 Å². The van der Waals surface area contributed by atoms with Crippen LogP contribution in [0, 0.1) is 0 Å². The van der Waals surface area contributed by atoms with Gasteiger partial charge in [0.15, 0.2) is 5.82 Å². The van der Waals surface area contributed by atoms with Gasteiger partial charge in [-0.1, -0.05) is 12.1 Å². The predicted octanol–water partition coefficient (Wildman–Crippen LogP) is 4.43. The summed E-state index contributed by atoms with van der Waals surface area (Å²) in [6.45, 7) is 0. The van der Waals surface area contributed by atoms with Gasteiger partial charge >= 0.3 is 6.36 Å². The highest BCUT2D eigenvalue weighted by atomic mass is 19.4. The standard InChI is InChI=1S/C21H14F3N5O2/c22-21(23,24)31-13-7-8-17-15(10-13)20(28-16-6-2-1-5-14(16)18(25)30)29-19(27-17)12-4-3-9-26-11-12/h1-11H,(H2,25,30)(H,27,28,29). The van der Waals surface area contributed by atoms with Gasteiger partial charge in [-0.2, -0.15) is 0 Å². The molecule has 0 aliphatic heterocycles. The summed E-state index contributed by atoms with van der Waals surface area (Å²) in [6, 6.07) is 13.6. The van der Waals surface area contributed by atoms with Crippen molar-refractivity contribution in [3.8, 4) is 17.1 Å². The van der Waals surface area contributed by atoms with Crippen LogP contribution in [0.5, 0.6) is 5.75 Å². The molecular weight excluding hydrogens is 411 g/mol. The summed E-state index contributed by atoms with van der Waals surface area (Å²) in [6.07, 6.45) is -1.70. The maximum Gasteiger partial charge on any atom is 0.573 e. The average molecular weight is 425 g/mol. The number of carbonyl (C=O) groups excluding carboxylic acids is 1. The highest BCUT2D eigenvalue weighted by Gasteiger charge is 2.31. The first kappa shape index (κ1) is 20.1. The van der Waals surface area contributed by atoms with Crippen molar-refractivity contribution in [3.05, 3.63) is 72.6 Å². The molecule has 0 spiro atoms. The average Bonchev–Trinajstić information content (AvgIpc) is 2.73. The second-order valence-electron chi connectivity index (χ2n) is 6.40. The fourth-order valence-electron chi connectivity index (χ4n) is 2.96. The second-order valence-corrected chi connectivity index (χ2v) is 6.40. The number of hydrogen-bond donors (Lipinski definition) is 2. The molecule has 7 nitrogen and oxygen atoms in total. The van der Waals surface area contributed by atoms with E-state index in [0.717, 1.165) is 6.07 Å². The molecule has 0 atom stereocenters. The fraction of sp³-hybridized carbons (Fsp3) is 0.0476. The number of fused-ring (bicyclic) bond motifs is 1. The van der Waals surface area contributed by atoms with Crippen molar-refractivity contribution in [1.29, 1.82) is 0 Å². The van der Waals surface area contributed by atoms with E-state index in [-0.39, 0.29) is 16.8 Å². The quantitative estimate of drug-likeness (QED) is 0.490. The number of nitrogens with zero attached hydrogens (tertiary/aromatic N) is 3. The smallest absolute Gasteiger partial charge is 0.406 e. The molecule has 0 aliphatic carbocycles. The lowest BCUT2D eigenvalue weighted by Crippen LogP contribution is -2.17. The molecule has 0 saturated carbocycles. The second kappa shape index (κ2) is 7.90. The van der Waals surface area contributed by atoms with E-state index in [4.69, 9.17) is 5.73 Å². The summed E-state index contributed by atoms with van der Waals surface area (Å²) >= 11 is 0. The Morgan fingerprint density at radius 1 is 1.03 bits per heavy atom. The molecule has 0 fully saturated rings. The third-order valence-electron chi connectivity index (χ3n) is 4.27. The topological polar surface area (TPSA) is 103 Å². The van der Waals surface area contributed by atoms with Crippen LogP contribution in [0.15, 0.2) is 67.0 Å². The summed E-state index contributed by atoms with van der Waals surface area (Å²) in [4.78, 5) is 24.7. The molecule has 3 N–H and O–H groups in total. The van der Waals surface area contributed by atoms with Gasteiger partial charge in [0, 0.05) is 23.3 Å². The van der Waals surface area contributed by atoms with Crippen LogP contribution < -0.4 is 15.8 Å². The Kier molecular flexibility index (Phi) is 5.12. The SMILES string of the molecule is NC(=O)c1ccccc1Nc1nc(-c2cccnc2)nc2ccc(OC(F)(F)F)cc12. The highest BCUT2D eigenvalue weighted by Crippen LogP contribution is 2.32. The number of carbonyl (C=O) groups is 1. The third kappa shape index (κ3) is 4.53. The van der Waals surface area contributed by atoms with Crippen LogP contribution in [0.3, 0.4) is 0 Å². The zero-order chi connectivity index (χ0) is 22.0. The Morgan fingerprint density at radius 3 is 2.55 bits per heavy atom. The Bertz CT molecular complexity index is 1260. The van der Waals surface area contributed by atoms with Crippen molar-refractivity contribution in [2.45, 2.75) is 6.36 Å². The summed E-state index contributed by atoms with van der Waals surface area (Å²) in [5, 5.41) is 3.25. The monoisotopic (exact) mass is 425 g/mol. The maximum absolute atomic E-state index is 12.7. The number of hydrogen-bond acceptors (Lipinski definition) is 6. The molecule has 1 amide bonds. The molecule has 4 aromatic rings. The number of alkyl halides is 3. The first-order valence-electron chi connectivity index (χ1n) is 8.94. The van der Waals surface area contributed by atoms with E-state index >= 15 is 0 Å². The number of anilines is 2. The van der Waals surface area contributed by atoms with E-state index in [0.29, 0.717) is 22.6 Å². The van der Waals surface area contributed by atoms with Crippen molar-refractivity contribution < 1.29 is 22.7 Å². The summed E-state index contributed by atoms with van der Waals surface area (Å²) < 4.78 is 42.1. The van der Waals surface area contributed by atoms with Crippen LogP contribution in [0.2, 0.25) is 0 Å². The number of aromatic nitrogens is 3. The van der Waals surface area contributed by atoms with E-state index in [1.54, 1.807) is 42.7 Å². The molecule has 2 aromatic heterocycles. The predicted molar refractivity (Wildman–Crippen MR) is 108 cm³/mol. The molecule has 2 aromatic carbocycles. The number of halogens is 3. The normalized spacial score (nSPS) is 11.3. The molecule has 2 heterocycles. The summed E-state index contributed by atoms with van der Waals surface area (Å²) in [5.74, 6) is -0.631. The van der Waals surface area contributed by atoms with E-state index in [2.05, 4.69) is 25.0 Å². The number of nitrogens with two attached hydrogens (primary N) is 1. The Hall–Kier alpha value is -4.21.